The molecule has 0 bridgehead atoms. The predicted molar refractivity (Wildman–Crippen MR) is 69.5 cm³/mol. The second kappa shape index (κ2) is 4.61. The van der Waals surface area contributed by atoms with Crippen LogP contribution in [0.15, 0.2) is 36.4 Å². The number of hydrogen-bond donors (Lipinski definition) is 0. The Morgan fingerprint density at radius 2 is 1.94 bits per heavy atom. The topological polar surface area (TPSA) is 0 Å². The molecule has 84 valence electrons. The Labute approximate surface area is 105 Å². The van der Waals surface area contributed by atoms with Gasteiger partial charge in [0.1, 0.15) is 5.82 Å². The van der Waals surface area contributed by atoms with Crippen molar-refractivity contribution in [3.8, 4) is 23.5 Å². The molecule has 0 unspecified atom stereocenters. The minimum atomic E-state index is -0.312. The highest BCUT2D eigenvalue weighted by Gasteiger charge is 2.06. The van der Waals surface area contributed by atoms with Crippen LogP contribution in [-0.4, -0.2) is 0 Å². The van der Waals surface area contributed by atoms with Gasteiger partial charge in [0.25, 0.3) is 0 Å². The quantitative estimate of drug-likeness (QED) is 0.651. The van der Waals surface area contributed by atoms with Gasteiger partial charge < -0.3 is 0 Å². The average Bonchev–Trinajstić information content (AvgIpc) is 2.31. The fourth-order valence-electron chi connectivity index (χ4n) is 1.74. The SMILES string of the molecule is C#Cc1cc(C)cc(-c2cc(F)ccc2Cl)c1. The third-order valence-electron chi connectivity index (χ3n) is 2.48. The molecule has 0 fully saturated rings. The van der Waals surface area contributed by atoms with Gasteiger partial charge in [-0.1, -0.05) is 23.6 Å². The Morgan fingerprint density at radius 1 is 1.18 bits per heavy atom. The van der Waals surface area contributed by atoms with Crippen LogP contribution in [0.3, 0.4) is 0 Å². The predicted octanol–water partition coefficient (Wildman–Crippen LogP) is 4.44. The van der Waals surface area contributed by atoms with Gasteiger partial charge in [-0.3, -0.25) is 0 Å². The summed E-state index contributed by atoms with van der Waals surface area (Å²) in [5.41, 5.74) is 3.28. The fraction of sp³-hybridized carbons (Fsp3) is 0.0667. The number of aryl methyl sites for hydroxylation is 1. The minimum Gasteiger partial charge on any atom is -0.207 e. The van der Waals surface area contributed by atoms with Crippen molar-refractivity contribution in [3.63, 3.8) is 0 Å². The van der Waals surface area contributed by atoms with E-state index in [2.05, 4.69) is 5.92 Å². The van der Waals surface area contributed by atoms with Gasteiger partial charge in [-0.2, -0.15) is 0 Å². The van der Waals surface area contributed by atoms with E-state index in [4.69, 9.17) is 18.0 Å². The molecule has 0 amide bonds. The van der Waals surface area contributed by atoms with E-state index in [0.29, 0.717) is 10.6 Å². The normalized spacial score (nSPS) is 10.0. The summed E-state index contributed by atoms with van der Waals surface area (Å²) in [6.45, 7) is 1.94. The van der Waals surface area contributed by atoms with E-state index in [1.165, 1.54) is 12.1 Å². The summed E-state index contributed by atoms with van der Waals surface area (Å²) in [6, 6.07) is 9.96. The van der Waals surface area contributed by atoms with Crippen LogP contribution in [0.2, 0.25) is 5.02 Å². The van der Waals surface area contributed by atoms with E-state index in [1.807, 2.05) is 25.1 Å². The fourth-order valence-corrected chi connectivity index (χ4v) is 1.97. The first-order valence-electron chi connectivity index (χ1n) is 5.14. The third kappa shape index (κ3) is 2.49. The zero-order valence-corrected chi connectivity index (χ0v) is 10.1. The maximum atomic E-state index is 13.2. The first-order valence-corrected chi connectivity index (χ1v) is 5.51. The van der Waals surface area contributed by atoms with Gasteiger partial charge in [0.05, 0.1) is 0 Å². The molecule has 17 heavy (non-hydrogen) atoms. The molecule has 2 heteroatoms. The maximum Gasteiger partial charge on any atom is 0.123 e. The minimum absolute atomic E-state index is 0.312. The summed E-state index contributed by atoms with van der Waals surface area (Å²) in [6.07, 6.45) is 5.38. The van der Waals surface area contributed by atoms with Crippen molar-refractivity contribution in [3.05, 3.63) is 58.4 Å². The van der Waals surface area contributed by atoms with Crippen LogP contribution in [0.1, 0.15) is 11.1 Å². The molecule has 2 rings (SSSR count). The van der Waals surface area contributed by atoms with E-state index < -0.39 is 0 Å². The van der Waals surface area contributed by atoms with Crippen LogP contribution in [0.5, 0.6) is 0 Å². The molecule has 0 N–H and O–H groups in total. The van der Waals surface area contributed by atoms with Crippen LogP contribution in [0, 0.1) is 25.1 Å². The number of halogens is 2. The largest absolute Gasteiger partial charge is 0.207 e. The Hall–Kier alpha value is -1.78. The maximum absolute atomic E-state index is 13.2. The van der Waals surface area contributed by atoms with Crippen molar-refractivity contribution < 1.29 is 4.39 Å². The average molecular weight is 245 g/mol. The number of benzene rings is 2. The van der Waals surface area contributed by atoms with E-state index in [-0.39, 0.29) is 5.82 Å². The van der Waals surface area contributed by atoms with Crippen LogP contribution >= 0.6 is 11.6 Å². The molecular weight excluding hydrogens is 235 g/mol. The van der Waals surface area contributed by atoms with Crippen LogP contribution in [0.4, 0.5) is 4.39 Å². The van der Waals surface area contributed by atoms with Gasteiger partial charge in [0.15, 0.2) is 0 Å². The van der Waals surface area contributed by atoms with E-state index in [0.717, 1.165) is 16.7 Å². The Kier molecular flexibility index (Phi) is 3.17. The lowest BCUT2D eigenvalue weighted by atomic mass is 10.0. The molecule has 0 aliphatic heterocycles. The Balaban J connectivity index is 2.64. The monoisotopic (exact) mass is 244 g/mol. The van der Waals surface area contributed by atoms with Crippen LogP contribution in [-0.2, 0) is 0 Å². The van der Waals surface area contributed by atoms with Gasteiger partial charge in [0.2, 0.25) is 0 Å². The second-order valence-electron chi connectivity index (χ2n) is 3.86. The molecule has 0 aliphatic carbocycles. The highest BCUT2D eigenvalue weighted by Crippen LogP contribution is 2.29. The summed E-state index contributed by atoms with van der Waals surface area (Å²) in [7, 11) is 0. The Morgan fingerprint density at radius 3 is 2.65 bits per heavy atom. The van der Waals surface area contributed by atoms with Gasteiger partial charge in [-0.15, -0.1) is 6.42 Å². The molecule has 2 aromatic carbocycles. The molecule has 2 aromatic rings. The molecule has 0 aliphatic rings. The van der Waals surface area contributed by atoms with E-state index in [9.17, 15) is 4.39 Å². The molecule has 0 heterocycles. The number of hydrogen-bond acceptors (Lipinski definition) is 0. The van der Waals surface area contributed by atoms with Gasteiger partial charge >= 0.3 is 0 Å². The molecular formula is C15H10ClF. The smallest absolute Gasteiger partial charge is 0.123 e. The number of terminal acetylenes is 1. The third-order valence-corrected chi connectivity index (χ3v) is 2.81. The van der Waals surface area contributed by atoms with E-state index in [1.54, 1.807) is 6.07 Å². The van der Waals surface area contributed by atoms with Crippen molar-refractivity contribution in [2.75, 3.05) is 0 Å². The molecule has 0 nitrogen and oxygen atoms in total. The second-order valence-corrected chi connectivity index (χ2v) is 4.26. The van der Waals surface area contributed by atoms with Crippen molar-refractivity contribution in [2.24, 2.45) is 0 Å². The van der Waals surface area contributed by atoms with Crippen LogP contribution < -0.4 is 0 Å². The Bertz CT molecular complexity index is 609. The molecule has 0 spiro atoms. The molecule has 0 radical (unpaired) electrons. The van der Waals surface area contributed by atoms with Gasteiger partial charge in [-0.05, 0) is 48.4 Å². The standard InChI is InChI=1S/C15H10ClF/c1-3-11-6-10(2)7-12(8-11)14-9-13(17)4-5-15(14)16/h1,4-9H,2H3. The lowest BCUT2D eigenvalue weighted by molar-refractivity contribution is 0.628. The van der Waals surface area contributed by atoms with E-state index >= 15 is 0 Å². The lowest BCUT2D eigenvalue weighted by Crippen LogP contribution is -1.86. The summed E-state index contributed by atoms with van der Waals surface area (Å²) >= 11 is 6.06. The summed E-state index contributed by atoms with van der Waals surface area (Å²) < 4.78 is 13.2. The molecule has 0 saturated carbocycles. The summed E-state index contributed by atoms with van der Waals surface area (Å²) in [5.74, 6) is 2.26. The lowest BCUT2D eigenvalue weighted by Gasteiger charge is -2.07. The molecule has 0 aromatic heterocycles. The molecule has 0 saturated heterocycles. The van der Waals surface area contributed by atoms with Crippen molar-refractivity contribution >= 4 is 11.6 Å². The zero-order chi connectivity index (χ0) is 12.4. The van der Waals surface area contributed by atoms with Crippen molar-refractivity contribution in [2.45, 2.75) is 6.92 Å². The van der Waals surface area contributed by atoms with Crippen molar-refractivity contribution in [1.29, 1.82) is 0 Å². The summed E-state index contributed by atoms with van der Waals surface area (Å²) in [4.78, 5) is 0. The molecule has 0 atom stereocenters. The zero-order valence-electron chi connectivity index (χ0n) is 9.30. The highest BCUT2D eigenvalue weighted by molar-refractivity contribution is 6.33. The first kappa shape index (κ1) is 11.7. The van der Waals surface area contributed by atoms with Gasteiger partial charge in [-0.25, -0.2) is 4.39 Å². The highest BCUT2D eigenvalue weighted by atomic mass is 35.5. The van der Waals surface area contributed by atoms with Crippen molar-refractivity contribution in [1.82, 2.24) is 0 Å². The van der Waals surface area contributed by atoms with Gasteiger partial charge in [0, 0.05) is 16.1 Å². The first-order chi connectivity index (χ1) is 8.10. The number of rotatable bonds is 1. The summed E-state index contributed by atoms with van der Waals surface area (Å²) in [5, 5.41) is 0.514. The van der Waals surface area contributed by atoms with Crippen LogP contribution in [0.25, 0.3) is 11.1 Å².